The molecule has 0 atom stereocenters. The number of sulfone groups is 1. The standard InChI is InChI=1S/C19H22O2S/c1-5-9-11-13-18(7-3)15-16-22(20,21)17-19(8-4)14-12-10-6-2/h5-16H,1-4,17H2/b11-9-,12-10-,16-15+,18-13+,19-14+. The first kappa shape index (κ1) is 19.6. The van der Waals surface area contributed by atoms with Crippen LogP contribution in [0, 0.1) is 0 Å². The Bertz CT molecular complexity index is 652. The van der Waals surface area contributed by atoms with Crippen LogP contribution >= 0.6 is 0 Å². The molecule has 0 aromatic rings. The van der Waals surface area contributed by atoms with E-state index in [4.69, 9.17) is 0 Å². The van der Waals surface area contributed by atoms with E-state index in [2.05, 4.69) is 26.3 Å². The Hall–Kier alpha value is -2.39. The topological polar surface area (TPSA) is 34.1 Å². The van der Waals surface area contributed by atoms with E-state index in [1.165, 1.54) is 17.6 Å². The Kier molecular flexibility index (Phi) is 10.1. The summed E-state index contributed by atoms with van der Waals surface area (Å²) >= 11 is 0. The van der Waals surface area contributed by atoms with Gasteiger partial charge in [0.1, 0.15) is 0 Å². The monoisotopic (exact) mass is 314 g/mol. The summed E-state index contributed by atoms with van der Waals surface area (Å²) in [6, 6.07) is 0. The van der Waals surface area contributed by atoms with Crippen LogP contribution in [0.4, 0.5) is 0 Å². The molecule has 0 saturated carbocycles. The SMILES string of the molecule is C=C\C=C/C=C(C=C)/C=C/S(=O)(=O)C/C(C=C)=C/C=C\C=C. The summed E-state index contributed by atoms with van der Waals surface area (Å²) in [4.78, 5) is 0. The summed E-state index contributed by atoms with van der Waals surface area (Å²) in [6.07, 6.45) is 18.2. The van der Waals surface area contributed by atoms with Crippen LogP contribution in [0.25, 0.3) is 0 Å². The molecule has 0 saturated heterocycles. The lowest BCUT2D eigenvalue weighted by molar-refractivity contribution is 0.607. The summed E-state index contributed by atoms with van der Waals surface area (Å²) in [5.74, 6) is -0.110. The molecule has 0 fully saturated rings. The third kappa shape index (κ3) is 9.50. The summed E-state index contributed by atoms with van der Waals surface area (Å²) < 4.78 is 24.1. The lowest BCUT2D eigenvalue weighted by Crippen LogP contribution is -2.03. The summed E-state index contributed by atoms with van der Waals surface area (Å²) in [5.41, 5.74) is 1.30. The molecule has 0 aromatic carbocycles. The van der Waals surface area contributed by atoms with Gasteiger partial charge in [0.15, 0.2) is 9.84 Å². The number of rotatable bonds is 10. The van der Waals surface area contributed by atoms with Crippen molar-refractivity contribution in [3.63, 3.8) is 0 Å². The molecule has 22 heavy (non-hydrogen) atoms. The van der Waals surface area contributed by atoms with E-state index < -0.39 is 9.84 Å². The first-order chi connectivity index (χ1) is 10.5. The molecule has 0 spiro atoms. The predicted molar refractivity (Wildman–Crippen MR) is 98.2 cm³/mol. The van der Waals surface area contributed by atoms with Gasteiger partial charge >= 0.3 is 0 Å². The summed E-state index contributed by atoms with van der Waals surface area (Å²) in [5, 5.41) is 1.18. The van der Waals surface area contributed by atoms with Crippen molar-refractivity contribution in [1.82, 2.24) is 0 Å². The molecule has 116 valence electrons. The Morgan fingerprint density at radius 2 is 1.41 bits per heavy atom. The van der Waals surface area contributed by atoms with Gasteiger partial charge in [-0.05, 0) is 17.2 Å². The number of hydrogen-bond acceptors (Lipinski definition) is 2. The Balaban J connectivity index is 5.12. The van der Waals surface area contributed by atoms with Crippen LogP contribution in [-0.2, 0) is 9.84 Å². The average Bonchev–Trinajstić information content (AvgIpc) is 2.49. The molecule has 0 amide bonds. The van der Waals surface area contributed by atoms with Crippen molar-refractivity contribution >= 4 is 9.84 Å². The third-order valence-corrected chi connectivity index (χ3v) is 3.71. The number of allylic oxidation sites excluding steroid dienone is 12. The predicted octanol–water partition coefficient (Wildman–Crippen LogP) is 4.62. The van der Waals surface area contributed by atoms with Gasteiger partial charge in [-0.15, -0.1) is 0 Å². The van der Waals surface area contributed by atoms with Crippen LogP contribution in [0.1, 0.15) is 0 Å². The van der Waals surface area contributed by atoms with Crippen LogP contribution in [-0.4, -0.2) is 14.2 Å². The first-order valence-electron chi connectivity index (χ1n) is 6.62. The molecule has 2 nitrogen and oxygen atoms in total. The van der Waals surface area contributed by atoms with E-state index >= 15 is 0 Å². The highest BCUT2D eigenvalue weighted by molar-refractivity contribution is 7.94. The van der Waals surface area contributed by atoms with Crippen molar-refractivity contribution < 1.29 is 8.42 Å². The van der Waals surface area contributed by atoms with Crippen molar-refractivity contribution in [2.75, 3.05) is 5.75 Å². The molecule has 0 aromatic heterocycles. The largest absolute Gasteiger partial charge is 0.224 e. The van der Waals surface area contributed by atoms with Gasteiger partial charge in [-0.2, -0.15) is 0 Å². The van der Waals surface area contributed by atoms with Crippen molar-refractivity contribution in [2.45, 2.75) is 0 Å². The van der Waals surface area contributed by atoms with Crippen molar-refractivity contribution in [2.24, 2.45) is 0 Å². The molecule has 0 radical (unpaired) electrons. The molecule has 0 bridgehead atoms. The first-order valence-corrected chi connectivity index (χ1v) is 8.34. The second-order valence-corrected chi connectivity index (χ2v) is 6.05. The van der Waals surface area contributed by atoms with Crippen LogP contribution < -0.4 is 0 Å². The van der Waals surface area contributed by atoms with Crippen LogP contribution in [0.15, 0.2) is 110 Å². The molecule has 3 heteroatoms. The normalized spacial score (nSPS) is 13.8. The molecule has 0 aliphatic rings. The van der Waals surface area contributed by atoms with Gasteiger partial charge in [-0.25, -0.2) is 8.42 Å². The quantitative estimate of drug-likeness (QED) is 0.551. The van der Waals surface area contributed by atoms with E-state index in [9.17, 15) is 8.42 Å². The Labute approximate surface area is 134 Å². The minimum Gasteiger partial charge on any atom is -0.224 e. The molecular formula is C19H22O2S. The van der Waals surface area contributed by atoms with Gasteiger partial charge in [0, 0.05) is 5.41 Å². The zero-order valence-corrected chi connectivity index (χ0v) is 13.5. The van der Waals surface area contributed by atoms with Crippen molar-refractivity contribution in [3.05, 3.63) is 110 Å². The summed E-state index contributed by atoms with van der Waals surface area (Å²) in [7, 11) is -3.38. The van der Waals surface area contributed by atoms with Crippen molar-refractivity contribution in [1.29, 1.82) is 0 Å². The molecule has 0 rings (SSSR count). The van der Waals surface area contributed by atoms with Gasteiger partial charge in [0.25, 0.3) is 0 Å². The minimum atomic E-state index is -3.38. The van der Waals surface area contributed by atoms with Crippen LogP contribution in [0.5, 0.6) is 0 Å². The lowest BCUT2D eigenvalue weighted by Gasteiger charge is -2.00. The second kappa shape index (κ2) is 11.3. The molecule has 0 heterocycles. The highest BCUT2D eigenvalue weighted by atomic mass is 32.2. The highest BCUT2D eigenvalue weighted by Gasteiger charge is 2.07. The fourth-order valence-electron chi connectivity index (χ4n) is 1.33. The minimum absolute atomic E-state index is 0.110. The molecule has 0 aliphatic carbocycles. The maximum Gasteiger partial charge on any atom is 0.175 e. The number of hydrogen-bond donors (Lipinski definition) is 0. The smallest absolute Gasteiger partial charge is 0.175 e. The molecular weight excluding hydrogens is 292 g/mol. The Morgan fingerprint density at radius 3 is 1.91 bits per heavy atom. The lowest BCUT2D eigenvalue weighted by atomic mass is 10.2. The average molecular weight is 314 g/mol. The zero-order valence-electron chi connectivity index (χ0n) is 12.7. The molecule has 0 unspecified atom stereocenters. The fourth-order valence-corrected chi connectivity index (χ4v) is 2.47. The van der Waals surface area contributed by atoms with Crippen LogP contribution in [0.2, 0.25) is 0 Å². The maximum absolute atomic E-state index is 12.1. The van der Waals surface area contributed by atoms with Gasteiger partial charge in [0.2, 0.25) is 0 Å². The van der Waals surface area contributed by atoms with Crippen molar-refractivity contribution in [3.8, 4) is 0 Å². The van der Waals surface area contributed by atoms with Gasteiger partial charge < -0.3 is 0 Å². The van der Waals surface area contributed by atoms with Crippen LogP contribution in [0.3, 0.4) is 0 Å². The van der Waals surface area contributed by atoms with E-state index in [0.29, 0.717) is 11.1 Å². The Morgan fingerprint density at radius 1 is 0.818 bits per heavy atom. The van der Waals surface area contributed by atoms with Gasteiger partial charge in [-0.3, -0.25) is 0 Å². The molecule has 0 aliphatic heterocycles. The van der Waals surface area contributed by atoms with Gasteiger partial charge in [0.05, 0.1) is 5.75 Å². The van der Waals surface area contributed by atoms with E-state index in [-0.39, 0.29) is 5.75 Å². The third-order valence-electron chi connectivity index (χ3n) is 2.43. The fraction of sp³-hybridized carbons (Fsp3) is 0.0526. The van der Waals surface area contributed by atoms with E-state index in [1.54, 1.807) is 54.7 Å². The van der Waals surface area contributed by atoms with E-state index in [1.807, 2.05) is 0 Å². The maximum atomic E-state index is 12.1. The highest BCUT2D eigenvalue weighted by Crippen LogP contribution is 2.07. The van der Waals surface area contributed by atoms with Gasteiger partial charge in [-0.1, -0.05) is 87.1 Å². The zero-order chi connectivity index (χ0) is 16.8. The molecule has 0 N–H and O–H groups in total. The summed E-state index contributed by atoms with van der Waals surface area (Å²) in [6.45, 7) is 14.4. The van der Waals surface area contributed by atoms with E-state index in [0.717, 1.165) is 0 Å². The second-order valence-electron chi connectivity index (χ2n) is 4.17.